The van der Waals surface area contributed by atoms with Gasteiger partial charge in [-0.05, 0) is 128 Å². The first-order valence-electron chi connectivity index (χ1n) is 21.1. The van der Waals surface area contributed by atoms with Gasteiger partial charge >= 0.3 is 0 Å². The van der Waals surface area contributed by atoms with Crippen LogP contribution in [0.15, 0.2) is 243 Å². The number of benzene rings is 10. The third-order valence-electron chi connectivity index (χ3n) is 12.8. The SMILES string of the molecule is c1ccc(-c2cccc(N(c3ccccc3)c3cc4ccccc4c4c3-c3ccccc3C43c4ccccc4-c4ccc(N(c5ccccc5)c5ccccc5)cc43)c2)cc1. The Kier molecular flexibility index (Phi) is 8.11. The normalized spacial score (nSPS) is 14.3. The maximum atomic E-state index is 2.49. The molecular weight excluding hydrogens is 737 g/mol. The van der Waals surface area contributed by atoms with Crippen LogP contribution in [-0.4, -0.2) is 0 Å². The molecule has 286 valence electrons. The molecule has 10 aromatic carbocycles. The molecule has 0 amide bonds. The maximum Gasteiger partial charge on any atom is 0.0733 e. The van der Waals surface area contributed by atoms with Crippen molar-refractivity contribution in [3.05, 3.63) is 265 Å². The predicted molar refractivity (Wildman–Crippen MR) is 255 cm³/mol. The van der Waals surface area contributed by atoms with Gasteiger partial charge in [0.25, 0.3) is 0 Å². The second-order valence-electron chi connectivity index (χ2n) is 16.0. The highest BCUT2D eigenvalue weighted by molar-refractivity contribution is 6.10. The molecule has 0 fully saturated rings. The quantitative estimate of drug-likeness (QED) is 0.159. The van der Waals surface area contributed by atoms with Crippen LogP contribution in [0.1, 0.15) is 22.3 Å². The lowest BCUT2D eigenvalue weighted by atomic mass is 9.69. The molecular formula is C59H40N2. The lowest BCUT2D eigenvalue weighted by Crippen LogP contribution is -2.27. The minimum atomic E-state index is -0.600. The molecule has 0 saturated carbocycles. The average molecular weight is 777 g/mol. The summed E-state index contributed by atoms with van der Waals surface area (Å²) in [6, 6.07) is 89.1. The molecule has 0 aromatic heterocycles. The summed E-state index contributed by atoms with van der Waals surface area (Å²) in [7, 11) is 0. The molecule has 0 saturated heterocycles. The number of fused-ring (bicyclic) bond motifs is 12. The largest absolute Gasteiger partial charge is 0.310 e. The molecule has 2 aliphatic rings. The van der Waals surface area contributed by atoms with Gasteiger partial charge in [0.2, 0.25) is 0 Å². The van der Waals surface area contributed by atoms with Crippen molar-refractivity contribution < 1.29 is 0 Å². The molecule has 0 aliphatic heterocycles. The predicted octanol–water partition coefficient (Wildman–Crippen LogP) is 15.8. The van der Waals surface area contributed by atoms with Gasteiger partial charge in [0, 0.05) is 34.0 Å². The van der Waals surface area contributed by atoms with Crippen LogP contribution in [0.25, 0.3) is 44.2 Å². The van der Waals surface area contributed by atoms with Gasteiger partial charge < -0.3 is 9.80 Å². The first kappa shape index (κ1) is 35.0. The number of para-hydroxylation sites is 3. The Labute approximate surface area is 356 Å². The molecule has 0 bridgehead atoms. The van der Waals surface area contributed by atoms with E-state index in [0.717, 1.165) is 34.1 Å². The highest BCUT2D eigenvalue weighted by atomic mass is 15.2. The van der Waals surface area contributed by atoms with Crippen molar-refractivity contribution in [2.75, 3.05) is 9.80 Å². The zero-order valence-electron chi connectivity index (χ0n) is 33.5. The van der Waals surface area contributed by atoms with Crippen molar-refractivity contribution in [3.8, 4) is 33.4 Å². The first-order valence-corrected chi connectivity index (χ1v) is 21.1. The molecule has 2 heteroatoms. The number of rotatable bonds is 7. The first-order chi connectivity index (χ1) is 30.3. The minimum Gasteiger partial charge on any atom is -0.310 e. The van der Waals surface area contributed by atoms with E-state index in [9.17, 15) is 0 Å². The summed E-state index contributed by atoms with van der Waals surface area (Å²) in [6.45, 7) is 0. The second kappa shape index (κ2) is 14.1. The van der Waals surface area contributed by atoms with Crippen molar-refractivity contribution in [1.29, 1.82) is 0 Å². The van der Waals surface area contributed by atoms with Crippen LogP contribution in [0, 0.1) is 0 Å². The molecule has 1 unspecified atom stereocenters. The number of nitrogens with zero attached hydrogens (tertiary/aromatic N) is 2. The Morgan fingerprint density at radius 3 is 1.48 bits per heavy atom. The summed E-state index contributed by atoms with van der Waals surface area (Å²) in [5, 5.41) is 2.47. The molecule has 2 nitrogen and oxygen atoms in total. The summed E-state index contributed by atoms with van der Waals surface area (Å²) >= 11 is 0. The highest BCUT2D eigenvalue weighted by Gasteiger charge is 2.53. The molecule has 61 heavy (non-hydrogen) atoms. The van der Waals surface area contributed by atoms with Crippen LogP contribution in [0.5, 0.6) is 0 Å². The minimum absolute atomic E-state index is 0.600. The van der Waals surface area contributed by atoms with Gasteiger partial charge in [0.1, 0.15) is 0 Å². The van der Waals surface area contributed by atoms with Gasteiger partial charge in [-0.15, -0.1) is 0 Å². The number of hydrogen-bond acceptors (Lipinski definition) is 2. The third-order valence-corrected chi connectivity index (χ3v) is 12.8. The molecule has 2 aliphatic carbocycles. The molecule has 0 N–H and O–H groups in total. The van der Waals surface area contributed by atoms with Crippen LogP contribution in [-0.2, 0) is 5.41 Å². The Morgan fingerprint density at radius 2 is 0.787 bits per heavy atom. The van der Waals surface area contributed by atoms with Gasteiger partial charge in [-0.3, -0.25) is 0 Å². The lowest BCUT2D eigenvalue weighted by Gasteiger charge is -2.34. The Morgan fingerprint density at radius 1 is 0.295 bits per heavy atom. The highest BCUT2D eigenvalue weighted by Crippen LogP contribution is 2.66. The second-order valence-corrected chi connectivity index (χ2v) is 16.0. The monoisotopic (exact) mass is 776 g/mol. The molecule has 10 aromatic rings. The molecule has 1 atom stereocenters. The third kappa shape index (κ3) is 5.36. The Balaban J connectivity index is 1.19. The Hall–Kier alpha value is -7.94. The fourth-order valence-electron chi connectivity index (χ4n) is 10.4. The van der Waals surface area contributed by atoms with Gasteiger partial charge in [-0.2, -0.15) is 0 Å². The van der Waals surface area contributed by atoms with Crippen molar-refractivity contribution in [3.63, 3.8) is 0 Å². The maximum absolute atomic E-state index is 2.49. The van der Waals surface area contributed by atoms with E-state index in [2.05, 4.69) is 252 Å². The summed E-state index contributed by atoms with van der Waals surface area (Å²) in [5.41, 5.74) is 18.8. The lowest BCUT2D eigenvalue weighted by molar-refractivity contribution is 0.801. The summed E-state index contributed by atoms with van der Waals surface area (Å²) in [4.78, 5) is 4.88. The van der Waals surface area contributed by atoms with E-state index in [-0.39, 0.29) is 0 Å². The fourth-order valence-corrected chi connectivity index (χ4v) is 10.4. The fraction of sp³-hybridized carbons (Fsp3) is 0.0169. The average Bonchev–Trinajstić information content (AvgIpc) is 3.81. The van der Waals surface area contributed by atoms with Crippen molar-refractivity contribution >= 4 is 44.9 Å². The summed E-state index contributed by atoms with van der Waals surface area (Å²) in [6.07, 6.45) is 0. The van der Waals surface area contributed by atoms with Crippen LogP contribution >= 0.6 is 0 Å². The molecule has 1 spiro atoms. The number of anilines is 6. The van der Waals surface area contributed by atoms with Gasteiger partial charge in [0.15, 0.2) is 0 Å². The van der Waals surface area contributed by atoms with Gasteiger partial charge in [0.05, 0.1) is 11.1 Å². The van der Waals surface area contributed by atoms with Gasteiger partial charge in [-0.25, -0.2) is 0 Å². The standard InChI is InChI=1S/C59H40N2/c1-5-20-41(21-6-1)42-23-19-30-47(38-42)61(46-28-11-4-12-29-46)56-39-43-22-13-14-31-49(43)58-57(56)52-33-16-18-35-54(52)59(58)53-34-17-15-32-50(53)51-37-36-48(40-55(51)59)60(44-24-7-2-8-25-44)45-26-9-3-10-27-45/h1-40H. The van der Waals surface area contributed by atoms with E-state index in [1.165, 1.54) is 66.4 Å². The van der Waals surface area contributed by atoms with Crippen LogP contribution in [0.2, 0.25) is 0 Å². The molecule has 0 radical (unpaired) electrons. The van der Waals surface area contributed by atoms with Crippen LogP contribution < -0.4 is 9.80 Å². The zero-order chi connectivity index (χ0) is 40.3. The van der Waals surface area contributed by atoms with Crippen molar-refractivity contribution in [2.45, 2.75) is 5.41 Å². The zero-order valence-corrected chi connectivity index (χ0v) is 33.5. The van der Waals surface area contributed by atoms with Gasteiger partial charge in [-0.1, -0.05) is 176 Å². The molecule has 12 rings (SSSR count). The van der Waals surface area contributed by atoms with E-state index >= 15 is 0 Å². The summed E-state index contributed by atoms with van der Waals surface area (Å²) in [5.74, 6) is 0. The topological polar surface area (TPSA) is 6.48 Å². The molecule has 0 heterocycles. The number of hydrogen-bond donors (Lipinski definition) is 0. The van der Waals surface area contributed by atoms with Crippen molar-refractivity contribution in [1.82, 2.24) is 0 Å². The van der Waals surface area contributed by atoms with E-state index in [0.29, 0.717) is 0 Å². The van der Waals surface area contributed by atoms with E-state index in [4.69, 9.17) is 0 Å². The van der Waals surface area contributed by atoms with E-state index < -0.39 is 5.41 Å². The smallest absolute Gasteiger partial charge is 0.0733 e. The van der Waals surface area contributed by atoms with E-state index in [1.807, 2.05) is 0 Å². The van der Waals surface area contributed by atoms with E-state index in [1.54, 1.807) is 0 Å². The van der Waals surface area contributed by atoms with Crippen molar-refractivity contribution in [2.24, 2.45) is 0 Å². The van der Waals surface area contributed by atoms with Crippen LogP contribution in [0.3, 0.4) is 0 Å². The summed E-state index contributed by atoms with van der Waals surface area (Å²) < 4.78 is 0. The Bertz CT molecular complexity index is 3210. The van der Waals surface area contributed by atoms with Crippen LogP contribution in [0.4, 0.5) is 34.1 Å².